The van der Waals surface area contributed by atoms with Crippen molar-refractivity contribution < 1.29 is 9.53 Å². The van der Waals surface area contributed by atoms with Gasteiger partial charge in [0, 0.05) is 23.1 Å². The van der Waals surface area contributed by atoms with Crippen LogP contribution in [0.25, 0.3) is 0 Å². The summed E-state index contributed by atoms with van der Waals surface area (Å²) in [5.41, 5.74) is 3.81. The number of carbonyl (C=O) groups excluding carboxylic acids is 1. The molecule has 0 aliphatic heterocycles. The summed E-state index contributed by atoms with van der Waals surface area (Å²) in [4.78, 5) is 21.4. The zero-order valence-electron chi connectivity index (χ0n) is 17.4. The molecular formula is C23H26N4O2. The number of aromatic nitrogens is 2. The van der Waals surface area contributed by atoms with Gasteiger partial charge in [-0.15, -0.1) is 0 Å². The molecule has 0 atom stereocenters. The van der Waals surface area contributed by atoms with E-state index in [4.69, 9.17) is 4.74 Å². The topological polar surface area (TPSA) is 76.1 Å². The van der Waals surface area contributed by atoms with Gasteiger partial charge in [-0.2, -0.15) is 0 Å². The third kappa shape index (κ3) is 5.31. The lowest BCUT2D eigenvalue weighted by Crippen LogP contribution is -2.15. The number of methoxy groups -OCH3 is 1. The van der Waals surface area contributed by atoms with Crippen LogP contribution in [-0.2, 0) is 5.41 Å². The second kappa shape index (κ2) is 8.31. The third-order valence-corrected chi connectivity index (χ3v) is 4.42. The monoisotopic (exact) mass is 390 g/mol. The first-order valence-electron chi connectivity index (χ1n) is 9.43. The first-order chi connectivity index (χ1) is 13.7. The van der Waals surface area contributed by atoms with Crippen molar-refractivity contribution in [3.8, 4) is 5.75 Å². The molecule has 3 rings (SSSR count). The highest BCUT2D eigenvalue weighted by Gasteiger charge is 2.14. The van der Waals surface area contributed by atoms with Crippen LogP contribution in [0.5, 0.6) is 5.75 Å². The van der Waals surface area contributed by atoms with Crippen LogP contribution in [-0.4, -0.2) is 23.0 Å². The minimum Gasteiger partial charge on any atom is -0.497 e. The van der Waals surface area contributed by atoms with Gasteiger partial charge in [0.2, 0.25) is 5.95 Å². The second-order valence-corrected chi connectivity index (χ2v) is 7.86. The van der Waals surface area contributed by atoms with Crippen LogP contribution >= 0.6 is 0 Å². The van der Waals surface area contributed by atoms with Gasteiger partial charge in [-0.25, -0.2) is 9.97 Å². The van der Waals surface area contributed by atoms with Gasteiger partial charge in [-0.1, -0.05) is 39.0 Å². The number of hydrogen-bond acceptors (Lipinski definition) is 5. The Hall–Kier alpha value is -3.41. The molecule has 0 saturated carbocycles. The van der Waals surface area contributed by atoms with Crippen molar-refractivity contribution in [3.05, 3.63) is 71.5 Å². The van der Waals surface area contributed by atoms with Crippen molar-refractivity contribution in [2.75, 3.05) is 17.7 Å². The molecule has 0 saturated heterocycles. The third-order valence-electron chi connectivity index (χ3n) is 4.42. The van der Waals surface area contributed by atoms with E-state index in [1.54, 1.807) is 25.3 Å². The zero-order chi connectivity index (χ0) is 21.0. The molecule has 29 heavy (non-hydrogen) atoms. The number of benzene rings is 2. The van der Waals surface area contributed by atoms with Crippen LogP contribution in [0.3, 0.4) is 0 Å². The van der Waals surface area contributed by atoms with E-state index in [0.717, 1.165) is 5.69 Å². The lowest BCUT2D eigenvalue weighted by molar-refractivity contribution is 0.102. The minimum absolute atomic E-state index is 0.0870. The number of nitrogens with zero attached hydrogens (tertiary/aromatic N) is 2. The van der Waals surface area contributed by atoms with E-state index in [-0.39, 0.29) is 17.0 Å². The van der Waals surface area contributed by atoms with Crippen LogP contribution in [0, 0.1) is 6.92 Å². The van der Waals surface area contributed by atoms with Crippen molar-refractivity contribution in [1.82, 2.24) is 9.97 Å². The average Bonchev–Trinajstić information content (AvgIpc) is 2.67. The molecule has 0 aliphatic rings. The summed E-state index contributed by atoms with van der Waals surface area (Å²) in [6, 6.07) is 17.0. The highest BCUT2D eigenvalue weighted by molar-refractivity contribution is 6.03. The fraction of sp³-hybridized carbons (Fsp3) is 0.261. The Kier molecular flexibility index (Phi) is 5.82. The molecule has 3 aromatic rings. The number of nitrogens with one attached hydrogen (secondary N) is 2. The quantitative estimate of drug-likeness (QED) is 0.635. The Bertz CT molecular complexity index is 1010. The maximum Gasteiger partial charge on any atom is 0.274 e. The summed E-state index contributed by atoms with van der Waals surface area (Å²) in [6.07, 6.45) is 0. The molecule has 6 heteroatoms. The molecule has 6 nitrogen and oxygen atoms in total. The Morgan fingerprint density at radius 2 is 1.69 bits per heavy atom. The molecule has 0 aliphatic carbocycles. The number of ether oxygens (including phenoxy) is 1. The SMILES string of the molecule is COc1cccc(NC(=O)c2cc(C)nc(Nc3ccc(C(C)(C)C)cc3)n2)c1. The van der Waals surface area contributed by atoms with E-state index in [2.05, 4.69) is 53.5 Å². The van der Waals surface area contributed by atoms with E-state index >= 15 is 0 Å². The van der Waals surface area contributed by atoms with Gasteiger partial charge < -0.3 is 15.4 Å². The van der Waals surface area contributed by atoms with Gasteiger partial charge in [0.15, 0.2) is 0 Å². The molecule has 150 valence electrons. The van der Waals surface area contributed by atoms with E-state index in [1.165, 1.54) is 5.56 Å². The minimum atomic E-state index is -0.310. The Balaban J connectivity index is 1.77. The van der Waals surface area contributed by atoms with E-state index < -0.39 is 0 Å². The predicted molar refractivity (Wildman–Crippen MR) is 116 cm³/mol. The van der Waals surface area contributed by atoms with Gasteiger partial charge in [-0.05, 0) is 48.2 Å². The van der Waals surface area contributed by atoms with Crippen LogP contribution in [0.4, 0.5) is 17.3 Å². The summed E-state index contributed by atoms with van der Waals surface area (Å²) < 4.78 is 5.19. The molecular weight excluding hydrogens is 364 g/mol. The number of aryl methyl sites for hydroxylation is 1. The summed E-state index contributed by atoms with van der Waals surface area (Å²) in [5.74, 6) is 0.738. The van der Waals surface area contributed by atoms with E-state index in [1.807, 2.05) is 31.2 Å². The molecule has 1 heterocycles. The lowest BCUT2D eigenvalue weighted by Gasteiger charge is -2.19. The van der Waals surface area contributed by atoms with Crippen molar-refractivity contribution >= 4 is 23.2 Å². The summed E-state index contributed by atoms with van der Waals surface area (Å²) in [6.45, 7) is 8.35. The molecule has 0 unspecified atom stereocenters. The highest BCUT2D eigenvalue weighted by Crippen LogP contribution is 2.24. The van der Waals surface area contributed by atoms with Gasteiger partial charge in [-0.3, -0.25) is 4.79 Å². The maximum atomic E-state index is 12.7. The van der Waals surface area contributed by atoms with E-state index in [9.17, 15) is 4.79 Å². The summed E-state index contributed by atoms with van der Waals surface area (Å²) in [5, 5.41) is 6.02. The molecule has 0 bridgehead atoms. The van der Waals surface area contributed by atoms with Gasteiger partial charge in [0.05, 0.1) is 7.11 Å². The largest absolute Gasteiger partial charge is 0.497 e. The van der Waals surface area contributed by atoms with E-state index in [0.29, 0.717) is 23.1 Å². The van der Waals surface area contributed by atoms with Crippen molar-refractivity contribution in [3.63, 3.8) is 0 Å². The molecule has 2 aromatic carbocycles. The Morgan fingerprint density at radius 1 is 0.966 bits per heavy atom. The summed E-state index contributed by atoms with van der Waals surface area (Å²) in [7, 11) is 1.58. The first-order valence-corrected chi connectivity index (χ1v) is 9.43. The maximum absolute atomic E-state index is 12.7. The first kappa shape index (κ1) is 20.3. The highest BCUT2D eigenvalue weighted by atomic mass is 16.5. The molecule has 0 radical (unpaired) electrons. The van der Waals surface area contributed by atoms with Crippen molar-refractivity contribution in [1.29, 1.82) is 0 Å². The van der Waals surface area contributed by atoms with Gasteiger partial charge >= 0.3 is 0 Å². The van der Waals surface area contributed by atoms with Crippen molar-refractivity contribution in [2.24, 2.45) is 0 Å². The zero-order valence-corrected chi connectivity index (χ0v) is 17.4. The normalized spacial score (nSPS) is 11.1. The standard InChI is InChI=1S/C23H26N4O2/c1-15-13-20(21(28)25-18-7-6-8-19(14-18)29-5)27-22(24-15)26-17-11-9-16(10-12-17)23(2,3)4/h6-14H,1-5H3,(H,25,28)(H,24,26,27). The lowest BCUT2D eigenvalue weighted by atomic mass is 9.87. The number of carbonyl (C=O) groups is 1. The fourth-order valence-corrected chi connectivity index (χ4v) is 2.82. The van der Waals surface area contributed by atoms with Crippen molar-refractivity contribution in [2.45, 2.75) is 33.1 Å². The van der Waals surface area contributed by atoms with Gasteiger partial charge in [0.25, 0.3) is 5.91 Å². The molecule has 1 aromatic heterocycles. The van der Waals surface area contributed by atoms with Crippen LogP contribution in [0.1, 0.15) is 42.5 Å². The second-order valence-electron chi connectivity index (χ2n) is 7.86. The van der Waals surface area contributed by atoms with Crippen LogP contribution in [0.2, 0.25) is 0 Å². The average molecular weight is 390 g/mol. The number of amides is 1. The molecule has 0 fully saturated rings. The Morgan fingerprint density at radius 3 is 2.34 bits per heavy atom. The predicted octanol–water partition coefficient (Wildman–Crippen LogP) is 5.09. The molecule has 1 amide bonds. The Labute approximate surface area is 171 Å². The molecule has 0 spiro atoms. The fourth-order valence-electron chi connectivity index (χ4n) is 2.82. The number of rotatable bonds is 5. The van der Waals surface area contributed by atoms with Crippen LogP contribution < -0.4 is 15.4 Å². The number of anilines is 3. The number of hydrogen-bond donors (Lipinski definition) is 2. The smallest absolute Gasteiger partial charge is 0.274 e. The van der Waals surface area contributed by atoms with Crippen LogP contribution in [0.15, 0.2) is 54.6 Å². The molecule has 2 N–H and O–H groups in total. The van der Waals surface area contributed by atoms with Gasteiger partial charge in [0.1, 0.15) is 11.4 Å². The summed E-state index contributed by atoms with van der Waals surface area (Å²) >= 11 is 0.